The lowest BCUT2D eigenvalue weighted by Gasteiger charge is -2.26. The van der Waals surface area contributed by atoms with Crippen LogP contribution in [0.3, 0.4) is 0 Å². The van der Waals surface area contributed by atoms with Crippen LogP contribution in [0.5, 0.6) is 0 Å². The Morgan fingerprint density at radius 3 is 2.37 bits per heavy atom. The van der Waals surface area contributed by atoms with Crippen molar-refractivity contribution in [2.24, 2.45) is 5.41 Å². The number of anilines is 1. The minimum atomic E-state index is -4.45. The molecular formula is C12H15ClF3N3. The zero-order valence-corrected chi connectivity index (χ0v) is 11.1. The number of aromatic nitrogens is 2. The van der Waals surface area contributed by atoms with E-state index in [0.717, 1.165) is 31.7 Å². The number of hydrogen-bond donors (Lipinski definition) is 1. The molecule has 1 N–H and O–H groups in total. The van der Waals surface area contributed by atoms with Gasteiger partial charge in [0, 0.05) is 17.8 Å². The molecule has 0 aliphatic heterocycles. The third-order valence-electron chi connectivity index (χ3n) is 3.55. The topological polar surface area (TPSA) is 37.8 Å². The standard InChI is InChI=1S/C12H15ClF3N3/c13-7-11(5-1-2-6-11)8-17-10-4-3-9(18-19-10)12(14,15)16/h3-4H,1-2,5-8H2,(H,17,19). The van der Waals surface area contributed by atoms with Crippen molar-refractivity contribution >= 4 is 17.4 Å². The van der Waals surface area contributed by atoms with Crippen molar-refractivity contribution in [2.75, 3.05) is 17.7 Å². The Hall–Kier alpha value is -1.04. The van der Waals surface area contributed by atoms with E-state index in [0.29, 0.717) is 18.2 Å². The van der Waals surface area contributed by atoms with Crippen LogP contribution in [0.1, 0.15) is 31.4 Å². The number of nitrogens with zero attached hydrogens (tertiary/aromatic N) is 2. The van der Waals surface area contributed by atoms with Crippen molar-refractivity contribution in [3.63, 3.8) is 0 Å². The molecule has 0 spiro atoms. The number of alkyl halides is 4. The van der Waals surface area contributed by atoms with Gasteiger partial charge < -0.3 is 5.32 Å². The summed E-state index contributed by atoms with van der Waals surface area (Å²) in [6.45, 7) is 0.622. The van der Waals surface area contributed by atoms with E-state index in [4.69, 9.17) is 11.6 Å². The number of rotatable bonds is 4. The molecule has 2 rings (SSSR count). The summed E-state index contributed by atoms with van der Waals surface area (Å²) in [6, 6.07) is 2.23. The van der Waals surface area contributed by atoms with E-state index in [-0.39, 0.29) is 5.41 Å². The lowest BCUT2D eigenvalue weighted by molar-refractivity contribution is -0.141. The molecule has 0 amide bonds. The van der Waals surface area contributed by atoms with Crippen molar-refractivity contribution in [2.45, 2.75) is 31.9 Å². The van der Waals surface area contributed by atoms with E-state index in [1.165, 1.54) is 6.07 Å². The second kappa shape index (κ2) is 5.53. The lowest BCUT2D eigenvalue weighted by Crippen LogP contribution is -2.29. The highest BCUT2D eigenvalue weighted by Crippen LogP contribution is 2.39. The van der Waals surface area contributed by atoms with Gasteiger partial charge >= 0.3 is 6.18 Å². The minimum Gasteiger partial charge on any atom is -0.368 e. The summed E-state index contributed by atoms with van der Waals surface area (Å²) in [5, 5.41) is 9.75. The van der Waals surface area contributed by atoms with Gasteiger partial charge in [0.1, 0.15) is 5.82 Å². The van der Waals surface area contributed by atoms with E-state index in [1.807, 2.05) is 0 Å². The number of nitrogens with one attached hydrogen (secondary N) is 1. The Kier molecular flexibility index (Phi) is 4.18. The molecule has 1 aliphatic carbocycles. The molecule has 0 radical (unpaired) electrons. The highest BCUT2D eigenvalue weighted by atomic mass is 35.5. The van der Waals surface area contributed by atoms with E-state index in [2.05, 4.69) is 15.5 Å². The van der Waals surface area contributed by atoms with Gasteiger partial charge in [-0.05, 0) is 25.0 Å². The average molecular weight is 294 g/mol. The maximum Gasteiger partial charge on any atom is 0.435 e. The van der Waals surface area contributed by atoms with Crippen LogP contribution < -0.4 is 5.32 Å². The molecule has 1 aliphatic rings. The Balaban J connectivity index is 1.96. The van der Waals surface area contributed by atoms with Crippen LogP contribution in [0, 0.1) is 5.41 Å². The van der Waals surface area contributed by atoms with E-state index in [9.17, 15) is 13.2 Å². The average Bonchev–Trinajstić information content (AvgIpc) is 2.85. The Labute approximate surface area is 114 Å². The fraction of sp³-hybridized carbons (Fsp3) is 0.667. The molecular weight excluding hydrogens is 279 g/mol. The third kappa shape index (κ3) is 3.49. The van der Waals surface area contributed by atoms with Gasteiger partial charge in [0.2, 0.25) is 0 Å². The fourth-order valence-corrected chi connectivity index (χ4v) is 2.70. The molecule has 19 heavy (non-hydrogen) atoms. The minimum absolute atomic E-state index is 0.0337. The summed E-state index contributed by atoms with van der Waals surface area (Å²) in [7, 11) is 0. The molecule has 0 bridgehead atoms. The zero-order chi connectivity index (χ0) is 13.9. The van der Waals surface area contributed by atoms with Crippen LogP contribution in [-0.4, -0.2) is 22.6 Å². The van der Waals surface area contributed by atoms with Gasteiger partial charge in [-0.25, -0.2) is 0 Å². The second-order valence-corrected chi connectivity index (χ2v) is 5.26. The highest BCUT2D eigenvalue weighted by Gasteiger charge is 2.34. The summed E-state index contributed by atoms with van der Waals surface area (Å²) in [6.07, 6.45) is -0.0797. The molecule has 1 fully saturated rings. The SMILES string of the molecule is FC(F)(F)c1ccc(NCC2(CCl)CCCC2)nn1. The maximum absolute atomic E-state index is 12.3. The predicted octanol–water partition coefficient (Wildman–Crippen LogP) is 3.71. The van der Waals surface area contributed by atoms with E-state index in [1.54, 1.807) is 0 Å². The summed E-state index contributed by atoms with van der Waals surface area (Å²) >= 11 is 5.99. The highest BCUT2D eigenvalue weighted by molar-refractivity contribution is 6.18. The van der Waals surface area contributed by atoms with Crippen LogP contribution in [0.25, 0.3) is 0 Å². The van der Waals surface area contributed by atoms with Crippen molar-refractivity contribution in [1.29, 1.82) is 0 Å². The van der Waals surface area contributed by atoms with Crippen LogP contribution in [0.15, 0.2) is 12.1 Å². The van der Waals surface area contributed by atoms with Crippen molar-refractivity contribution < 1.29 is 13.2 Å². The third-order valence-corrected chi connectivity index (χ3v) is 4.11. The van der Waals surface area contributed by atoms with Crippen LogP contribution in [0.2, 0.25) is 0 Å². The molecule has 0 saturated heterocycles. The normalized spacial score (nSPS) is 18.5. The lowest BCUT2D eigenvalue weighted by atomic mass is 9.88. The predicted molar refractivity (Wildman–Crippen MR) is 67.1 cm³/mol. The number of halogens is 4. The van der Waals surface area contributed by atoms with Gasteiger partial charge in [0.25, 0.3) is 0 Å². The molecule has 1 saturated carbocycles. The van der Waals surface area contributed by atoms with Crippen LogP contribution in [0.4, 0.5) is 19.0 Å². The second-order valence-electron chi connectivity index (χ2n) is 5.00. The van der Waals surface area contributed by atoms with Gasteiger partial charge in [-0.2, -0.15) is 13.2 Å². The smallest absolute Gasteiger partial charge is 0.368 e. The summed E-state index contributed by atoms with van der Waals surface area (Å²) in [5.41, 5.74) is -0.947. The van der Waals surface area contributed by atoms with Crippen molar-refractivity contribution in [3.8, 4) is 0 Å². The Bertz CT molecular complexity index is 413. The van der Waals surface area contributed by atoms with Crippen molar-refractivity contribution in [3.05, 3.63) is 17.8 Å². The molecule has 0 aromatic carbocycles. The maximum atomic E-state index is 12.3. The molecule has 0 atom stereocenters. The van der Waals surface area contributed by atoms with Gasteiger partial charge in [-0.1, -0.05) is 12.8 Å². The first kappa shape index (κ1) is 14.4. The largest absolute Gasteiger partial charge is 0.435 e. The monoisotopic (exact) mass is 293 g/mol. The van der Waals surface area contributed by atoms with Crippen molar-refractivity contribution in [1.82, 2.24) is 10.2 Å². The molecule has 106 valence electrons. The quantitative estimate of drug-likeness (QED) is 0.860. The molecule has 3 nitrogen and oxygen atoms in total. The van der Waals surface area contributed by atoms with Gasteiger partial charge in [-0.15, -0.1) is 21.8 Å². The molecule has 1 aromatic heterocycles. The van der Waals surface area contributed by atoms with Crippen LogP contribution >= 0.6 is 11.6 Å². The number of hydrogen-bond acceptors (Lipinski definition) is 3. The Morgan fingerprint density at radius 1 is 1.21 bits per heavy atom. The fourth-order valence-electron chi connectivity index (χ4n) is 2.34. The first-order chi connectivity index (χ1) is 8.95. The summed E-state index contributed by atoms with van der Waals surface area (Å²) < 4.78 is 37.0. The van der Waals surface area contributed by atoms with E-state index >= 15 is 0 Å². The molecule has 7 heteroatoms. The molecule has 1 heterocycles. The van der Waals surface area contributed by atoms with Gasteiger partial charge in [-0.3, -0.25) is 0 Å². The summed E-state index contributed by atoms with van der Waals surface area (Å²) in [5.74, 6) is 0.901. The first-order valence-corrected chi connectivity index (χ1v) is 6.69. The zero-order valence-electron chi connectivity index (χ0n) is 10.3. The summed E-state index contributed by atoms with van der Waals surface area (Å²) in [4.78, 5) is 0. The first-order valence-electron chi connectivity index (χ1n) is 6.16. The van der Waals surface area contributed by atoms with E-state index < -0.39 is 11.9 Å². The molecule has 0 unspecified atom stereocenters. The molecule has 1 aromatic rings. The van der Waals surface area contributed by atoms with Gasteiger partial charge in [0.05, 0.1) is 0 Å². The van der Waals surface area contributed by atoms with Gasteiger partial charge in [0.15, 0.2) is 5.69 Å². The van der Waals surface area contributed by atoms with Crippen LogP contribution in [-0.2, 0) is 6.18 Å². The Morgan fingerprint density at radius 2 is 1.89 bits per heavy atom.